The molecule has 0 aromatic carbocycles. The number of hydrogen-bond acceptors (Lipinski definition) is 3. The van der Waals surface area contributed by atoms with E-state index in [1.165, 1.54) is 5.56 Å². The molecule has 1 aliphatic carbocycles. The van der Waals surface area contributed by atoms with Gasteiger partial charge in [0.2, 0.25) is 0 Å². The van der Waals surface area contributed by atoms with E-state index >= 15 is 0 Å². The van der Waals surface area contributed by atoms with Gasteiger partial charge in [0.25, 0.3) is 0 Å². The lowest BCUT2D eigenvalue weighted by Gasteiger charge is -2.27. The smallest absolute Gasteiger partial charge is 0.315 e. The van der Waals surface area contributed by atoms with Crippen molar-refractivity contribution in [2.45, 2.75) is 51.5 Å². The zero-order valence-electron chi connectivity index (χ0n) is 13.2. The van der Waals surface area contributed by atoms with Crippen LogP contribution in [-0.4, -0.2) is 39.6 Å². The number of urea groups is 1. The zero-order chi connectivity index (χ0) is 15.5. The van der Waals surface area contributed by atoms with Gasteiger partial charge in [-0.1, -0.05) is 12.8 Å². The van der Waals surface area contributed by atoms with Crippen LogP contribution in [0.25, 0.3) is 0 Å². The largest absolute Gasteiger partial charge is 0.394 e. The van der Waals surface area contributed by atoms with Crippen LogP contribution in [-0.2, 0) is 13.5 Å². The molecular formula is C15H26N4O2. The van der Waals surface area contributed by atoms with Crippen molar-refractivity contribution in [2.75, 3.05) is 13.2 Å². The molecule has 2 rings (SSSR count). The van der Waals surface area contributed by atoms with Gasteiger partial charge < -0.3 is 15.7 Å². The SMILES string of the molecule is Cc1nn(C)c(C)c1CCNC(=O)NC1(CO)CCCC1. The van der Waals surface area contributed by atoms with Gasteiger partial charge in [0.15, 0.2) is 0 Å². The normalized spacial score (nSPS) is 17.0. The second-order valence-corrected chi connectivity index (χ2v) is 6.05. The number of nitrogens with zero attached hydrogens (tertiary/aromatic N) is 2. The average Bonchev–Trinajstić information content (AvgIpc) is 2.99. The van der Waals surface area contributed by atoms with Crippen LogP contribution >= 0.6 is 0 Å². The summed E-state index contributed by atoms with van der Waals surface area (Å²) in [5.74, 6) is 0. The minimum Gasteiger partial charge on any atom is -0.394 e. The number of carbonyl (C=O) groups excluding carboxylic acids is 1. The second kappa shape index (κ2) is 6.47. The lowest BCUT2D eigenvalue weighted by molar-refractivity contribution is 0.163. The van der Waals surface area contributed by atoms with E-state index in [0.717, 1.165) is 43.5 Å². The molecule has 0 saturated heterocycles. The molecule has 0 atom stereocenters. The maximum Gasteiger partial charge on any atom is 0.315 e. The van der Waals surface area contributed by atoms with E-state index < -0.39 is 5.54 Å². The first-order valence-corrected chi connectivity index (χ1v) is 7.63. The van der Waals surface area contributed by atoms with E-state index in [4.69, 9.17) is 0 Å². The Kier molecular flexibility index (Phi) is 4.88. The number of aryl methyl sites for hydroxylation is 2. The van der Waals surface area contributed by atoms with E-state index in [9.17, 15) is 9.90 Å². The molecule has 3 N–H and O–H groups in total. The van der Waals surface area contributed by atoms with Gasteiger partial charge in [-0.05, 0) is 38.7 Å². The van der Waals surface area contributed by atoms with Crippen molar-refractivity contribution in [1.29, 1.82) is 0 Å². The van der Waals surface area contributed by atoms with Crippen LogP contribution in [0, 0.1) is 13.8 Å². The predicted octanol–water partition coefficient (Wildman–Crippen LogP) is 1.18. The van der Waals surface area contributed by atoms with E-state index in [1.807, 2.05) is 25.6 Å². The van der Waals surface area contributed by atoms with Gasteiger partial charge in [-0.2, -0.15) is 5.10 Å². The van der Waals surface area contributed by atoms with Crippen LogP contribution in [0.2, 0.25) is 0 Å². The molecule has 21 heavy (non-hydrogen) atoms. The monoisotopic (exact) mass is 294 g/mol. The molecule has 1 aromatic rings. The molecule has 0 bridgehead atoms. The van der Waals surface area contributed by atoms with Gasteiger partial charge in [-0.25, -0.2) is 4.79 Å². The summed E-state index contributed by atoms with van der Waals surface area (Å²) in [6.45, 7) is 4.61. The topological polar surface area (TPSA) is 79.2 Å². The minimum atomic E-state index is -0.412. The van der Waals surface area contributed by atoms with Crippen LogP contribution in [0.1, 0.15) is 42.6 Å². The molecule has 6 heteroatoms. The molecule has 0 radical (unpaired) electrons. The number of amides is 2. The highest BCUT2D eigenvalue weighted by Crippen LogP contribution is 2.28. The Morgan fingerprint density at radius 1 is 1.38 bits per heavy atom. The Morgan fingerprint density at radius 2 is 2.05 bits per heavy atom. The maximum absolute atomic E-state index is 12.0. The highest BCUT2D eigenvalue weighted by atomic mass is 16.3. The summed E-state index contributed by atoms with van der Waals surface area (Å²) in [5.41, 5.74) is 2.93. The maximum atomic E-state index is 12.0. The summed E-state index contributed by atoms with van der Waals surface area (Å²) in [7, 11) is 1.93. The third-order valence-corrected chi connectivity index (χ3v) is 4.56. The molecule has 1 aliphatic rings. The fraction of sp³-hybridized carbons (Fsp3) is 0.733. The van der Waals surface area contributed by atoms with Crippen LogP contribution in [0.5, 0.6) is 0 Å². The molecule has 0 spiro atoms. The van der Waals surface area contributed by atoms with Crippen molar-refractivity contribution in [2.24, 2.45) is 7.05 Å². The molecule has 1 saturated carbocycles. The average molecular weight is 294 g/mol. The van der Waals surface area contributed by atoms with Gasteiger partial charge in [0, 0.05) is 19.3 Å². The highest BCUT2D eigenvalue weighted by molar-refractivity contribution is 5.74. The summed E-state index contributed by atoms with van der Waals surface area (Å²) in [6.07, 6.45) is 4.62. The molecule has 6 nitrogen and oxygen atoms in total. The lowest BCUT2D eigenvalue weighted by Crippen LogP contribution is -2.53. The highest BCUT2D eigenvalue weighted by Gasteiger charge is 2.34. The Bertz CT molecular complexity index is 504. The molecule has 118 valence electrons. The lowest BCUT2D eigenvalue weighted by atomic mass is 9.99. The Balaban J connectivity index is 1.82. The minimum absolute atomic E-state index is 0.0151. The third-order valence-electron chi connectivity index (χ3n) is 4.56. The van der Waals surface area contributed by atoms with Gasteiger partial charge in [-0.15, -0.1) is 0 Å². The summed E-state index contributed by atoms with van der Waals surface area (Å²) >= 11 is 0. The van der Waals surface area contributed by atoms with E-state index in [-0.39, 0.29) is 12.6 Å². The third kappa shape index (κ3) is 3.56. The van der Waals surface area contributed by atoms with Crippen molar-refractivity contribution in [1.82, 2.24) is 20.4 Å². The summed E-state index contributed by atoms with van der Waals surface area (Å²) in [4.78, 5) is 12.0. The Hall–Kier alpha value is -1.56. The van der Waals surface area contributed by atoms with Crippen molar-refractivity contribution < 1.29 is 9.90 Å². The summed E-state index contributed by atoms with van der Waals surface area (Å²) < 4.78 is 1.87. The number of nitrogens with one attached hydrogen (secondary N) is 2. The molecule has 1 aromatic heterocycles. The van der Waals surface area contributed by atoms with E-state index in [1.54, 1.807) is 0 Å². The van der Waals surface area contributed by atoms with Gasteiger partial charge in [-0.3, -0.25) is 4.68 Å². The Labute approximate surface area is 125 Å². The molecule has 0 aliphatic heterocycles. The number of aromatic nitrogens is 2. The van der Waals surface area contributed by atoms with Crippen molar-refractivity contribution in [3.8, 4) is 0 Å². The summed E-state index contributed by atoms with van der Waals surface area (Å²) in [6, 6.07) is -0.190. The first-order chi connectivity index (χ1) is 9.97. The first kappa shape index (κ1) is 15.8. The van der Waals surface area contributed by atoms with Crippen molar-refractivity contribution >= 4 is 6.03 Å². The van der Waals surface area contributed by atoms with Gasteiger partial charge in [0.05, 0.1) is 17.8 Å². The van der Waals surface area contributed by atoms with Gasteiger partial charge in [0.1, 0.15) is 0 Å². The first-order valence-electron chi connectivity index (χ1n) is 7.63. The molecule has 1 heterocycles. The van der Waals surface area contributed by atoms with Crippen LogP contribution in [0.15, 0.2) is 0 Å². The second-order valence-electron chi connectivity index (χ2n) is 6.05. The molecule has 0 unspecified atom stereocenters. The molecular weight excluding hydrogens is 268 g/mol. The predicted molar refractivity (Wildman–Crippen MR) is 81.2 cm³/mol. The van der Waals surface area contributed by atoms with E-state index in [2.05, 4.69) is 15.7 Å². The molecule has 2 amide bonds. The number of rotatable bonds is 5. The van der Waals surface area contributed by atoms with Crippen LogP contribution in [0.3, 0.4) is 0 Å². The van der Waals surface area contributed by atoms with Crippen molar-refractivity contribution in [3.05, 3.63) is 17.0 Å². The Morgan fingerprint density at radius 3 is 2.57 bits per heavy atom. The molecule has 1 fully saturated rings. The van der Waals surface area contributed by atoms with Gasteiger partial charge >= 0.3 is 6.03 Å². The fourth-order valence-corrected chi connectivity index (χ4v) is 3.14. The number of carbonyl (C=O) groups is 1. The number of aliphatic hydroxyl groups is 1. The van der Waals surface area contributed by atoms with Crippen LogP contribution < -0.4 is 10.6 Å². The fourth-order valence-electron chi connectivity index (χ4n) is 3.14. The summed E-state index contributed by atoms with van der Waals surface area (Å²) in [5, 5.41) is 19.7. The zero-order valence-corrected chi connectivity index (χ0v) is 13.2. The standard InChI is InChI=1S/C15H26N4O2/c1-11-13(12(2)19(3)18-11)6-9-16-14(21)17-15(10-20)7-4-5-8-15/h20H,4-10H2,1-3H3,(H2,16,17,21). The van der Waals surface area contributed by atoms with E-state index in [0.29, 0.717) is 6.54 Å². The van der Waals surface area contributed by atoms with Crippen LogP contribution in [0.4, 0.5) is 4.79 Å². The number of aliphatic hydroxyl groups excluding tert-OH is 1. The quantitative estimate of drug-likeness (QED) is 0.763. The number of hydrogen-bond donors (Lipinski definition) is 3. The van der Waals surface area contributed by atoms with Crippen molar-refractivity contribution in [3.63, 3.8) is 0 Å².